The molecule has 0 aromatic carbocycles. The van der Waals surface area contributed by atoms with Crippen molar-refractivity contribution in [1.29, 1.82) is 0 Å². The maximum absolute atomic E-state index is 11.9. The minimum atomic E-state index is -0.796. The van der Waals surface area contributed by atoms with Crippen molar-refractivity contribution in [2.45, 2.75) is 39.3 Å². The molecule has 0 unspecified atom stereocenters. The van der Waals surface area contributed by atoms with E-state index in [2.05, 4.69) is 5.32 Å². The molecule has 0 aliphatic carbocycles. The molecule has 108 valence electrons. The van der Waals surface area contributed by atoms with E-state index in [1.54, 1.807) is 20.8 Å². The van der Waals surface area contributed by atoms with Gasteiger partial charge in [0.1, 0.15) is 0 Å². The molecule has 0 spiro atoms. The number of carbonyl (C=O) groups is 3. The van der Waals surface area contributed by atoms with Gasteiger partial charge in [0.25, 0.3) is 0 Å². The van der Waals surface area contributed by atoms with Gasteiger partial charge in [-0.15, -0.1) is 0 Å². The van der Waals surface area contributed by atoms with Crippen LogP contribution in [-0.2, 0) is 9.59 Å². The zero-order valence-electron chi connectivity index (χ0n) is 11.5. The van der Waals surface area contributed by atoms with Crippen LogP contribution in [0.4, 0.5) is 4.79 Å². The van der Waals surface area contributed by atoms with Crippen molar-refractivity contribution in [3.05, 3.63) is 0 Å². The highest BCUT2D eigenvalue weighted by molar-refractivity contribution is 6.38. The lowest BCUT2D eigenvalue weighted by atomic mass is 10.1. The molecule has 0 aromatic heterocycles. The van der Waals surface area contributed by atoms with Gasteiger partial charge in [-0.05, 0) is 27.2 Å². The number of carbonyl (C=O) groups excluding carboxylic acids is 3. The summed E-state index contributed by atoms with van der Waals surface area (Å²) < 4.78 is 0. The molecule has 0 saturated carbocycles. The second-order valence-corrected chi connectivity index (χ2v) is 4.78. The van der Waals surface area contributed by atoms with Gasteiger partial charge < -0.3 is 15.3 Å². The molecule has 1 fully saturated rings. The number of rotatable bonds is 4. The van der Waals surface area contributed by atoms with Crippen molar-refractivity contribution in [2.75, 3.05) is 19.6 Å². The fourth-order valence-electron chi connectivity index (χ4n) is 2.03. The van der Waals surface area contributed by atoms with Crippen molar-refractivity contribution in [3.8, 4) is 0 Å². The molecule has 7 nitrogen and oxygen atoms in total. The van der Waals surface area contributed by atoms with Crippen LogP contribution in [0.2, 0.25) is 0 Å². The number of amides is 4. The Morgan fingerprint density at radius 1 is 1.32 bits per heavy atom. The van der Waals surface area contributed by atoms with E-state index in [4.69, 9.17) is 0 Å². The average Bonchev–Trinajstić information content (AvgIpc) is 2.31. The number of urea groups is 1. The number of hydrogen-bond acceptors (Lipinski definition) is 4. The number of nitrogens with one attached hydrogen (secondary N) is 1. The molecule has 0 aromatic rings. The van der Waals surface area contributed by atoms with Gasteiger partial charge >= 0.3 is 17.8 Å². The fraction of sp³-hybridized carbons (Fsp3) is 0.750. The molecule has 1 rings (SSSR count). The third-order valence-electron chi connectivity index (χ3n) is 3.00. The monoisotopic (exact) mass is 271 g/mol. The number of nitrogens with zero attached hydrogens (tertiary/aromatic N) is 2. The van der Waals surface area contributed by atoms with E-state index in [1.807, 2.05) is 0 Å². The Hall–Kier alpha value is -1.63. The van der Waals surface area contributed by atoms with Crippen molar-refractivity contribution < 1.29 is 19.5 Å². The highest BCUT2D eigenvalue weighted by Gasteiger charge is 2.35. The Morgan fingerprint density at radius 2 is 1.95 bits per heavy atom. The van der Waals surface area contributed by atoms with Gasteiger partial charge in [0.05, 0.1) is 6.10 Å². The lowest BCUT2D eigenvalue weighted by Crippen LogP contribution is -2.59. The normalized spacial score (nSPS) is 19.4. The molecule has 1 heterocycles. The van der Waals surface area contributed by atoms with E-state index in [0.717, 1.165) is 4.90 Å². The predicted molar refractivity (Wildman–Crippen MR) is 68.3 cm³/mol. The van der Waals surface area contributed by atoms with E-state index < -0.39 is 23.9 Å². The smallest absolute Gasteiger partial charge is 0.324 e. The zero-order chi connectivity index (χ0) is 14.6. The first-order valence-electron chi connectivity index (χ1n) is 6.46. The van der Waals surface area contributed by atoms with Crippen LogP contribution in [-0.4, -0.2) is 64.5 Å². The van der Waals surface area contributed by atoms with E-state index in [9.17, 15) is 19.5 Å². The largest absolute Gasteiger partial charge is 0.393 e. The number of likely N-dealkylation sites (N-methyl/N-ethyl adjacent to an activating group) is 1. The van der Waals surface area contributed by atoms with Gasteiger partial charge in [0.2, 0.25) is 0 Å². The maximum Gasteiger partial charge on any atom is 0.324 e. The molecule has 7 heteroatoms. The minimum absolute atomic E-state index is 0.200. The fourth-order valence-corrected chi connectivity index (χ4v) is 2.03. The quantitative estimate of drug-likeness (QED) is 0.677. The molecule has 1 aliphatic rings. The number of aliphatic hydroxyl groups excluding tert-OH is 1. The van der Waals surface area contributed by atoms with Crippen LogP contribution in [0.15, 0.2) is 0 Å². The molecule has 1 saturated heterocycles. The first-order valence-corrected chi connectivity index (χ1v) is 6.46. The average molecular weight is 271 g/mol. The standard InChI is InChI=1S/C12H21N3O4/c1-4-14-5-6-15(11(18)10(14)17)12(19)13-8(2)7-9(3)16/h8-9,16H,4-7H2,1-3H3,(H,13,19)/t8-,9-/m1/s1. The number of imide groups is 1. The summed E-state index contributed by atoms with van der Waals surface area (Å²) >= 11 is 0. The molecule has 4 amide bonds. The molecule has 2 N–H and O–H groups in total. The third-order valence-corrected chi connectivity index (χ3v) is 3.00. The lowest BCUT2D eigenvalue weighted by Gasteiger charge is -2.32. The van der Waals surface area contributed by atoms with Crippen LogP contribution in [0.1, 0.15) is 27.2 Å². The van der Waals surface area contributed by atoms with Gasteiger partial charge in [-0.2, -0.15) is 0 Å². The van der Waals surface area contributed by atoms with Crippen molar-refractivity contribution in [1.82, 2.24) is 15.1 Å². The molecule has 0 radical (unpaired) electrons. The Kier molecular flexibility index (Phi) is 5.29. The summed E-state index contributed by atoms with van der Waals surface area (Å²) in [6.45, 7) is 6.16. The van der Waals surface area contributed by atoms with Crippen LogP contribution in [0.25, 0.3) is 0 Å². The molecule has 1 aliphatic heterocycles. The molecule has 0 bridgehead atoms. The summed E-state index contributed by atoms with van der Waals surface area (Å²) in [5.74, 6) is -1.44. The van der Waals surface area contributed by atoms with Crippen LogP contribution in [0, 0.1) is 0 Å². The summed E-state index contributed by atoms with van der Waals surface area (Å²) in [4.78, 5) is 37.6. The van der Waals surface area contributed by atoms with E-state index in [1.165, 1.54) is 4.90 Å². The first kappa shape index (κ1) is 15.4. The summed E-state index contributed by atoms with van der Waals surface area (Å²) in [6, 6.07) is -0.846. The van der Waals surface area contributed by atoms with Crippen LogP contribution in [0.3, 0.4) is 0 Å². The van der Waals surface area contributed by atoms with Gasteiger partial charge in [-0.25, -0.2) is 4.79 Å². The summed E-state index contributed by atoms with van der Waals surface area (Å²) in [5, 5.41) is 11.8. The van der Waals surface area contributed by atoms with E-state index in [-0.39, 0.29) is 12.6 Å². The van der Waals surface area contributed by atoms with Gasteiger partial charge in [0, 0.05) is 25.7 Å². The molecular weight excluding hydrogens is 250 g/mol. The predicted octanol–water partition coefficient (Wildman–Crippen LogP) is -0.454. The zero-order valence-corrected chi connectivity index (χ0v) is 11.5. The molecular formula is C12H21N3O4. The van der Waals surface area contributed by atoms with Crippen molar-refractivity contribution >= 4 is 17.8 Å². The van der Waals surface area contributed by atoms with E-state index in [0.29, 0.717) is 19.5 Å². The Bertz CT molecular complexity index is 370. The van der Waals surface area contributed by atoms with E-state index >= 15 is 0 Å². The Balaban J connectivity index is 2.58. The Labute approximate surface area is 112 Å². The highest BCUT2D eigenvalue weighted by Crippen LogP contribution is 2.06. The first-order chi connectivity index (χ1) is 8.86. The second-order valence-electron chi connectivity index (χ2n) is 4.78. The van der Waals surface area contributed by atoms with Crippen LogP contribution >= 0.6 is 0 Å². The maximum atomic E-state index is 11.9. The minimum Gasteiger partial charge on any atom is -0.393 e. The van der Waals surface area contributed by atoms with Gasteiger partial charge in [-0.1, -0.05) is 0 Å². The van der Waals surface area contributed by atoms with Crippen LogP contribution < -0.4 is 5.32 Å². The van der Waals surface area contributed by atoms with Gasteiger partial charge in [-0.3, -0.25) is 14.5 Å². The second kappa shape index (κ2) is 6.51. The van der Waals surface area contributed by atoms with Crippen LogP contribution in [0.5, 0.6) is 0 Å². The van der Waals surface area contributed by atoms with Gasteiger partial charge in [0.15, 0.2) is 0 Å². The summed E-state index contributed by atoms with van der Waals surface area (Å²) in [7, 11) is 0. The molecule has 19 heavy (non-hydrogen) atoms. The summed E-state index contributed by atoms with van der Waals surface area (Å²) in [5.41, 5.74) is 0. The Morgan fingerprint density at radius 3 is 2.47 bits per heavy atom. The third kappa shape index (κ3) is 3.92. The van der Waals surface area contributed by atoms with Crippen molar-refractivity contribution in [3.63, 3.8) is 0 Å². The highest BCUT2D eigenvalue weighted by atomic mass is 16.3. The molecule has 2 atom stereocenters. The topological polar surface area (TPSA) is 89.9 Å². The number of piperazine rings is 1. The lowest BCUT2D eigenvalue weighted by molar-refractivity contribution is -0.153. The SMILES string of the molecule is CCN1CCN(C(=O)N[C@H](C)C[C@@H](C)O)C(=O)C1=O. The number of aliphatic hydroxyl groups is 1. The number of hydrogen-bond donors (Lipinski definition) is 2. The van der Waals surface area contributed by atoms with Crippen molar-refractivity contribution in [2.24, 2.45) is 0 Å². The summed E-state index contributed by atoms with van der Waals surface area (Å²) in [6.07, 6.45) is -0.146.